The normalized spacial score (nSPS) is 34.3. The molecule has 2 N–H and O–H groups in total. The molecule has 0 radical (unpaired) electrons. The third kappa shape index (κ3) is 1.92. The number of carbonyl (C=O) groups is 1. The van der Waals surface area contributed by atoms with Gasteiger partial charge in [0.25, 0.3) is 0 Å². The molecule has 0 aromatic heterocycles. The molecule has 0 amide bonds. The molecule has 1 saturated heterocycles. The summed E-state index contributed by atoms with van der Waals surface area (Å²) in [5.41, 5.74) is 0.928. The van der Waals surface area contributed by atoms with E-state index in [0.717, 1.165) is 18.4 Å². The fourth-order valence-corrected chi connectivity index (χ4v) is 5.90. The predicted molar refractivity (Wildman–Crippen MR) is 96.4 cm³/mol. The van der Waals surface area contributed by atoms with E-state index < -0.39 is 17.6 Å². The molecule has 1 aromatic carbocycles. The van der Waals surface area contributed by atoms with E-state index in [9.17, 15) is 15.0 Å². The third-order valence-corrected chi connectivity index (χ3v) is 6.92. The smallest absolute Gasteiger partial charge is 0.317 e. The molecule has 1 saturated carbocycles. The van der Waals surface area contributed by atoms with E-state index in [0.29, 0.717) is 23.3 Å². The number of ether oxygens (including phenoxy) is 2. The van der Waals surface area contributed by atoms with Gasteiger partial charge in [-0.05, 0) is 35.8 Å². The summed E-state index contributed by atoms with van der Waals surface area (Å²) in [7, 11) is 1.53. The third-order valence-electron chi connectivity index (χ3n) is 6.92. The van der Waals surface area contributed by atoms with Crippen LogP contribution >= 0.6 is 0 Å². The number of methoxy groups -OCH3 is 1. The Hall–Kier alpha value is -1.75. The number of hydrogen-bond acceptors (Lipinski definition) is 5. The number of carbonyl (C=O) groups excluding carboxylic acids is 1. The lowest BCUT2D eigenvalue weighted by Crippen LogP contribution is -2.54. The van der Waals surface area contributed by atoms with E-state index in [1.165, 1.54) is 7.11 Å². The second-order valence-corrected chi connectivity index (χ2v) is 9.07. The number of benzene rings is 1. The van der Waals surface area contributed by atoms with Crippen LogP contribution in [0.25, 0.3) is 0 Å². The van der Waals surface area contributed by atoms with Gasteiger partial charge in [0.05, 0.1) is 7.11 Å². The summed E-state index contributed by atoms with van der Waals surface area (Å²) in [5, 5.41) is 22.3. The van der Waals surface area contributed by atoms with Crippen LogP contribution in [0.2, 0.25) is 0 Å². The minimum absolute atomic E-state index is 0.00671. The van der Waals surface area contributed by atoms with Crippen molar-refractivity contribution < 1.29 is 24.5 Å². The number of phenols is 1. The van der Waals surface area contributed by atoms with Crippen LogP contribution in [0.15, 0.2) is 6.07 Å². The van der Waals surface area contributed by atoms with Gasteiger partial charge in [-0.25, -0.2) is 0 Å². The van der Waals surface area contributed by atoms with Crippen LogP contribution < -0.4 is 4.74 Å². The van der Waals surface area contributed by atoms with Gasteiger partial charge >= 0.3 is 5.97 Å². The zero-order chi connectivity index (χ0) is 19.0. The summed E-state index contributed by atoms with van der Waals surface area (Å²) in [6, 6.07) is 1.90. The first-order valence-corrected chi connectivity index (χ1v) is 9.50. The lowest BCUT2D eigenvalue weighted by atomic mass is 9.49. The van der Waals surface area contributed by atoms with Crippen molar-refractivity contribution in [1.82, 2.24) is 0 Å². The summed E-state index contributed by atoms with van der Waals surface area (Å²) < 4.78 is 11.3. The fourth-order valence-electron chi connectivity index (χ4n) is 5.90. The van der Waals surface area contributed by atoms with Crippen LogP contribution in [0.3, 0.4) is 0 Å². The van der Waals surface area contributed by atoms with E-state index in [1.807, 2.05) is 19.9 Å². The van der Waals surface area contributed by atoms with Crippen molar-refractivity contribution in [2.75, 3.05) is 7.11 Å². The van der Waals surface area contributed by atoms with E-state index in [1.54, 1.807) is 0 Å². The highest BCUT2D eigenvalue weighted by molar-refractivity contribution is 5.90. The van der Waals surface area contributed by atoms with Crippen molar-refractivity contribution in [3.63, 3.8) is 0 Å². The highest BCUT2D eigenvalue weighted by Crippen LogP contribution is 2.66. The van der Waals surface area contributed by atoms with Crippen LogP contribution in [0.1, 0.15) is 75.7 Å². The first-order valence-electron chi connectivity index (χ1n) is 9.50. The largest absolute Gasteiger partial charge is 0.504 e. The Morgan fingerprint density at radius 3 is 2.62 bits per heavy atom. The molecule has 2 bridgehead atoms. The van der Waals surface area contributed by atoms with Crippen molar-refractivity contribution in [3.8, 4) is 11.5 Å². The van der Waals surface area contributed by atoms with Crippen LogP contribution in [0, 0.1) is 11.3 Å². The number of aliphatic hydroxyl groups is 1. The average molecular weight is 360 g/mol. The fraction of sp³-hybridized carbons (Fsp3) is 0.667. The highest BCUT2D eigenvalue weighted by atomic mass is 16.6. The zero-order valence-corrected chi connectivity index (χ0v) is 16.1. The van der Waals surface area contributed by atoms with Gasteiger partial charge in [-0.1, -0.05) is 34.1 Å². The molecule has 1 heterocycles. The zero-order valence-electron chi connectivity index (χ0n) is 16.1. The Labute approximate surface area is 154 Å². The average Bonchev–Trinajstić information content (AvgIpc) is 2.83. The lowest BCUT2D eigenvalue weighted by Gasteiger charge is -2.51. The number of aliphatic hydroxyl groups excluding tert-OH is 1. The van der Waals surface area contributed by atoms with Crippen LogP contribution in [-0.4, -0.2) is 29.4 Å². The van der Waals surface area contributed by atoms with E-state index >= 15 is 0 Å². The van der Waals surface area contributed by atoms with Gasteiger partial charge in [0.1, 0.15) is 17.6 Å². The Morgan fingerprint density at radius 1 is 1.31 bits per heavy atom. The number of hydrogen-bond donors (Lipinski definition) is 2. The van der Waals surface area contributed by atoms with Gasteiger partial charge in [0, 0.05) is 17.0 Å². The van der Waals surface area contributed by atoms with Gasteiger partial charge < -0.3 is 19.7 Å². The van der Waals surface area contributed by atoms with Crippen molar-refractivity contribution in [1.29, 1.82) is 0 Å². The van der Waals surface area contributed by atoms with Gasteiger partial charge in [0.15, 0.2) is 11.5 Å². The standard InChI is InChI=1S/C21H28O5/c1-10(2)11-9-12-13(15(23)16(11)25-5)21-8-6-7-20(3,4)18(21)17(14(12)22)26-19(21)24/h9-10,14,17-18,22-23H,6-8H2,1-5H3/t14-,17+,18-,21-/m0/s1. The summed E-state index contributed by atoms with van der Waals surface area (Å²) in [5.74, 6) is 0.0426. The van der Waals surface area contributed by atoms with Crippen LogP contribution in [0.5, 0.6) is 11.5 Å². The number of aromatic hydroxyl groups is 1. The quantitative estimate of drug-likeness (QED) is 0.789. The topological polar surface area (TPSA) is 76.0 Å². The summed E-state index contributed by atoms with van der Waals surface area (Å²) >= 11 is 0. The maximum Gasteiger partial charge on any atom is 0.317 e. The molecule has 3 aliphatic rings. The predicted octanol–water partition coefficient (Wildman–Crippen LogP) is 3.56. The maximum atomic E-state index is 13.1. The molecular weight excluding hydrogens is 332 g/mol. The lowest BCUT2D eigenvalue weighted by molar-refractivity contribution is -0.148. The van der Waals surface area contributed by atoms with Crippen molar-refractivity contribution in [2.45, 2.75) is 70.5 Å². The second-order valence-electron chi connectivity index (χ2n) is 9.07. The van der Waals surface area contributed by atoms with Crippen LogP contribution in [-0.2, 0) is 14.9 Å². The van der Waals surface area contributed by atoms with Crippen molar-refractivity contribution in [3.05, 3.63) is 22.8 Å². The molecule has 1 aliphatic heterocycles. The Kier molecular flexibility index (Phi) is 3.65. The summed E-state index contributed by atoms with van der Waals surface area (Å²) in [6.07, 6.45) is 0.998. The van der Waals surface area contributed by atoms with E-state index in [-0.39, 0.29) is 29.0 Å². The molecule has 26 heavy (non-hydrogen) atoms. The molecule has 2 aliphatic carbocycles. The molecule has 5 heteroatoms. The first-order chi connectivity index (χ1) is 12.2. The first kappa shape index (κ1) is 17.7. The highest BCUT2D eigenvalue weighted by Gasteiger charge is 2.70. The van der Waals surface area contributed by atoms with Gasteiger partial charge in [-0.15, -0.1) is 0 Å². The number of esters is 1. The molecular formula is C21H28O5. The van der Waals surface area contributed by atoms with E-state index in [4.69, 9.17) is 9.47 Å². The molecule has 2 fully saturated rings. The monoisotopic (exact) mass is 360 g/mol. The van der Waals surface area contributed by atoms with Crippen molar-refractivity contribution >= 4 is 5.97 Å². The molecule has 4 atom stereocenters. The second kappa shape index (κ2) is 5.38. The number of phenolic OH excluding ortho intramolecular Hbond substituents is 1. The number of rotatable bonds is 2. The summed E-state index contributed by atoms with van der Waals surface area (Å²) in [4.78, 5) is 13.1. The van der Waals surface area contributed by atoms with Gasteiger partial charge in [-0.2, -0.15) is 0 Å². The molecule has 5 nitrogen and oxygen atoms in total. The summed E-state index contributed by atoms with van der Waals surface area (Å²) in [6.45, 7) is 8.30. The van der Waals surface area contributed by atoms with Crippen LogP contribution in [0.4, 0.5) is 0 Å². The van der Waals surface area contributed by atoms with Crippen molar-refractivity contribution in [2.24, 2.45) is 11.3 Å². The Morgan fingerprint density at radius 2 is 2.00 bits per heavy atom. The minimum Gasteiger partial charge on any atom is -0.504 e. The van der Waals surface area contributed by atoms with Gasteiger partial charge in [0.2, 0.25) is 0 Å². The van der Waals surface area contributed by atoms with E-state index in [2.05, 4.69) is 13.8 Å². The minimum atomic E-state index is -0.929. The molecule has 0 unspecified atom stereocenters. The van der Waals surface area contributed by atoms with Gasteiger partial charge in [-0.3, -0.25) is 4.79 Å². The Balaban J connectivity index is 2.07. The molecule has 4 rings (SSSR count). The number of fused-ring (bicyclic) bond motifs is 1. The molecule has 142 valence electrons. The molecule has 0 spiro atoms. The maximum absolute atomic E-state index is 13.1. The Bertz CT molecular complexity index is 781. The molecule has 1 aromatic rings. The SMILES string of the molecule is COc1c(C(C)C)cc2c(c1O)[C@@]13CCCC(C)(C)[C@@H]1[C@H](OC3=O)[C@H]2O.